The van der Waals surface area contributed by atoms with E-state index in [1.54, 1.807) is 24.3 Å². The van der Waals surface area contributed by atoms with Crippen molar-refractivity contribution in [1.29, 1.82) is 0 Å². The number of aromatic nitrogens is 1. The van der Waals surface area contributed by atoms with Crippen molar-refractivity contribution in [2.75, 3.05) is 18.2 Å². The minimum Gasteiger partial charge on any atom is -0.497 e. The number of hydrogen-bond donors (Lipinski definition) is 2. The zero-order chi connectivity index (χ0) is 21.2. The standard InChI is InChI=1S/C18H13ClF3N3O3S/c1-27-11-5-2-9(3-6-11)14(26)15-16(23)25-17(29-15)24-10-4-7-13(12(19)8-10)28-18(20,21)22/h2-8H,23H2,1H3,(H,24,25). The monoisotopic (exact) mass is 443 g/mol. The van der Waals surface area contributed by atoms with Gasteiger partial charge in [-0.2, -0.15) is 0 Å². The molecule has 0 unspecified atom stereocenters. The third kappa shape index (κ3) is 5.09. The lowest BCUT2D eigenvalue weighted by atomic mass is 10.1. The van der Waals surface area contributed by atoms with Crippen LogP contribution in [0.4, 0.5) is 29.8 Å². The fourth-order valence-corrected chi connectivity index (χ4v) is 3.42. The van der Waals surface area contributed by atoms with Crippen LogP contribution in [0.25, 0.3) is 0 Å². The summed E-state index contributed by atoms with van der Waals surface area (Å²) in [5.41, 5.74) is 6.61. The summed E-state index contributed by atoms with van der Waals surface area (Å²) in [4.78, 5) is 16.9. The number of rotatable bonds is 6. The molecule has 1 aromatic heterocycles. The second-order valence-electron chi connectivity index (χ2n) is 5.61. The van der Waals surface area contributed by atoms with Gasteiger partial charge in [-0.1, -0.05) is 22.9 Å². The maximum atomic E-state index is 12.6. The van der Waals surface area contributed by atoms with Gasteiger partial charge in [0, 0.05) is 11.3 Å². The first-order valence-electron chi connectivity index (χ1n) is 7.93. The molecule has 2 aromatic carbocycles. The molecular formula is C18H13ClF3N3O3S. The van der Waals surface area contributed by atoms with Crippen LogP contribution in [0.3, 0.4) is 0 Å². The van der Waals surface area contributed by atoms with Gasteiger partial charge >= 0.3 is 6.36 Å². The van der Waals surface area contributed by atoms with Gasteiger partial charge in [0.1, 0.15) is 22.2 Å². The van der Waals surface area contributed by atoms with Crippen LogP contribution in [-0.2, 0) is 0 Å². The number of benzene rings is 2. The van der Waals surface area contributed by atoms with E-state index in [1.165, 1.54) is 19.2 Å². The van der Waals surface area contributed by atoms with Crippen molar-refractivity contribution in [2.24, 2.45) is 0 Å². The van der Waals surface area contributed by atoms with E-state index < -0.39 is 12.1 Å². The Labute approximate surface area is 172 Å². The maximum Gasteiger partial charge on any atom is 0.573 e. The first kappa shape index (κ1) is 20.7. The molecule has 0 aliphatic carbocycles. The first-order valence-corrected chi connectivity index (χ1v) is 9.13. The van der Waals surface area contributed by atoms with Gasteiger partial charge in [0.05, 0.1) is 12.1 Å². The van der Waals surface area contributed by atoms with Crippen molar-refractivity contribution >= 4 is 45.4 Å². The quantitative estimate of drug-likeness (QED) is 0.505. The molecule has 0 aliphatic rings. The number of carbonyl (C=O) groups excluding carboxylic acids is 1. The normalized spacial score (nSPS) is 11.2. The number of carbonyl (C=O) groups is 1. The molecule has 29 heavy (non-hydrogen) atoms. The van der Waals surface area contributed by atoms with E-state index in [9.17, 15) is 18.0 Å². The van der Waals surface area contributed by atoms with Crippen LogP contribution in [0.5, 0.6) is 11.5 Å². The predicted molar refractivity (Wildman–Crippen MR) is 104 cm³/mol. The first-order chi connectivity index (χ1) is 13.7. The summed E-state index contributed by atoms with van der Waals surface area (Å²) in [5, 5.41) is 2.89. The van der Waals surface area contributed by atoms with Crippen molar-refractivity contribution < 1.29 is 27.4 Å². The van der Waals surface area contributed by atoms with Crippen LogP contribution in [0.2, 0.25) is 5.02 Å². The van der Waals surface area contributed by atoms with Gasteiger partial charge in [0.25, 0.3) is 0 Å². The molecule has 0 atom stereocenters. The summed E-state index contributed by atoms with van der Waals surface area (Å²) < 4.78 is 45.8. The zero-order valence-corrected chi connectivity index (χ0v) is 16.3. The highest BCUT2D eigenvalue weighted by Crippen LogP contribution is 2.35. The van der Waals surface area contributed by atoms with Crippen LogP contribution in [0.1, 0.15) is 15.2 Å². The predicted octanol–water partition coefficient (Wildman–Crippen LogP) is 5.26. The fraction of sp³-hybridized carbons (Fsp3) is 0.111. The van der Waals surface area contributed by atoms with E-state index in [4.69, 9.17) is 22.1 Å². The molecule has 0 aliphatic heterocycles. The van der Waals surface area contributed by atoms with E-state index in [-0.39, 0.29) is 26.6 Å². The smallest absolute Gasteiger partial charge is 0.497 e. The summed E-state index contributed by atoms with van der Waals surface area (Å²) in [6, 6.07) is 10.1. The van der Waals surface area contributed by atoms with E-state index in [0.717, 1.165) is 17.4 Å². The molecule has 3 aromatic rings. The number of anilines is 3. The van der Waals surface area contributed by atoms with Gasteiger partial charge in [-0.3, -0.25) is 4.79 Å². The second kappa shape index (κ2) is 8.18. The molecule has 3 rings (SSSR count). The largest absolute Gasteiger partial charge is 0.573 e. The number of hydrogen-bond acceptors (Lipinski definition) is 7. The van der Waals surface area contributed by atoms with Crippen LogP contribution < -0.4 is 20.5 Å². The molecule has 0 saturated heterocycles. The highest BCUT2D eigenvalue weighted by Gasteiger charge is 2.32. The zero-order valence-electron chi connectivity index (χ0n) is 14.7. The number of nitrogen functional groups attached to an aromatic ring is 1. The van der Waals surface area contributed by atoms with E-state index in [2.05, 4.69) is 15.0 Å². The van der Waals surface area contributed by atoms with E-state index in [1.807, 2.05) is 0 Å². The van der Waals surface area contributed by atoms with E-state index >= 15 is 0 Å². The second-order valence-corrected chi connectivity index (χ2v) is 7.02. The lowest BCUT2D eigenvalue weighted by Crippen LogP contribution is -2.17. The average Bonchev–Trinajstić information content (AvgIpc) is 3.02. The van der Waals surface area contributed by atoms with Gasteiger partial charge in [-0.25, -0.2) is 4.98 Å². The van der Waals surface area contributed by atoms with Crippen molar-refractivity contribution in [2.45, 2.75) is 6.36 Å². The van der Waals surface area contributed by atoms with Gasteiger partial charge < -0.3 is 20.5 Å². The molecular weight excluding hydrogens is 431 g/mol. The number of halogens is 4. The molecule has 0 spiro atoms. The minimum atomic E-state index is -4.85. The lowest BCUT2D eigenvalue weighted by Gasteiger charge is -2.11. The molecule has 0 fully saturated rings. The van der Waals surface area contributed by atoms with Crippen molar-refractivity contribution in [1.82, 2.24) is 4.98 Å². The minimum absolute atomic E-state index is 0.0291. The summed E-state index contributed by atoms with van der Waals surface area (Å²) >= 11 is 6.83. The molecule has 1 heterocycles. The molecule has 0 bridgehead atoms. The molecule has 11 heteroatoms. The number of nitrogens with two attached hydrogens (primary N) is 1. The number of thiazole rings is 1. The molecule has 0 radical (unpaired) electrons. The highest BCUT2D eigenvalue weighted by atomic mass is 35.5. The Balaban J connectivity index is 1.78. The number of nitrogens with one attached hydrogen (secondary N) is 1. The number of methoxy groups -OCH3 is 1. The summed E-state index contributed by atoms with van der Waals surface area (Å²) in [6.45, 7) is 0. The van der Waals surface area contributed by atoms with Gasteiger partial charge in [-0.15, -0.1) is 13.2 Å². The summed E-state index contributed by atoms with van der Waals surface area (Å²) in [6.07, 6.45) is -4.85. The Bertz CT molecular complexity index is 1040. The number of ketones is 1. The van der Waals surface area contributed by atoms with Gasteiger partial charge in [0.2, 0.25) is 5.78 Å². The van der Waals surface area contributed by atoms with Crippen molar-refractivity contribution in [3.8, 4) is 11.5 Å². The topological polar surface area (TPSA) is 86.5 Å². The Kier molecular flexibility index (Phi) is 5.85. The maximum absolute atomic E-state index is 12.6. The number of nitrogens with zero attached hydrogens (tertiary/aromatic N) is 1. The summed E-state index contributed by atoms with van der Waals surface area (Å²) in [5.74, 6) is -0.209. The molecule has 152 valence electrons. The van der Waals surface area contributed by atoms with Crippen LogP contribution >= 0.6 is 22.9 Å². The lowest BCUT2D eigenvalue weighted by molar-refractivity contribution is -0.274. The number of ether oxygens (including phenoxy) is 2. The van der Waals surface area contributed by atoms with Crippen LogP contribution in [0, 0.1) is 0 Å². The molecule has 0 saturated carbocycles. The molecule has 3 N–H and O–H groups in total. The van der Waals surface area contributed by atoms with Crippen LogP contribution in [0.15, 0.2) is 42.5 Å². The highest BCUT2D eigenvalue weighted by molar-refractivity contribution is 7.18. The molecule has 0 amide bonds. The van der Waals surface area contributed by atoms with Gasteiger partial charge in [0.15, 0.2) is 5.13 Å². The SMILES string of the molecule is COc1ccc(C(=O)c2sc(Nc3ccc(OC(F)(F)F)c(Cl)c3)nc2N)cc1. The third-order valence-electron chi connectivity index (χ3n) is 3.62. The average molecular weight is 444 g/mol. The Morgan fingerprint density at radius 3 is 2.48 bits per heavy atom. The Hall–Kier alpha value is -2.98. The summed E-state index contributed by atoms with van der Waals surface area (Å²) in [7, 11) is 1.52. The van der Waals surface area contributed by atoms with E-state index in [0.29, 0.717) is 17.0 Å². The van der Waals surface area contributed by atoms with Crippen LogP contribution in [-0.4, -0.2) is 24.2 Å². The third-order valence-corrected chi connectivity index (χ3v) is 4.90. The number of alkyl halides is 3. The Morgan fingerprint density at radius 1 is 1.21 bits per heavy atom. The van der Waals surface area contributed by atoms with Crippen molar-refractivity contribution in [3.63, 3.8) is 0 Å². The fourth-order valence-electron chi connectivity index (χ4n) is 2.33. The Morgan fingerprint density at radius 2 is 1.90 bits per heavy atom. The molecule has 6 nitrogen and oxygen atoms in total. The van der Waals surface area contributed by atoms with Crippen molar-refractivity contribution in [3.05, 3.63) is 57.9 Å². The van der Waals surface area contributed by atoms with Gasteiger partial charge in [-0.05, 0) is 42.5 Å².